The van der Waals surface area contributed by atoms with Gasteiger partial charge in [-0.3, -0.25) is 4.79 Å². The number of carbonyl (C=O) groups is 1. The van der Waals surface area contributed by atoms with Gasteiger partial charge in [0.1, 0.15) is 9.73 Å². The third-order valence-corrected chi connectivity index (χ3v) is 7.97. The fraction of sp³-hybridized carbons (Fsp3) is 0.522. The summed E-state index contributed by atoms with van der Waals surface area (Å²) in [5, 5.41) is 10.0. The molecule has 0 aliphatic heterocycles. The zero-order valence-corrected chi connectivity index (χ0v) is 18.1. The molecule has 1 aromatic heterocycles. The minimum atomic E-state index is -3.39. The van der Waals surface area contributed by atoms with Gasteiger partial charge in [-0.05, 0) is 73.6 Å². The molecule has 0 spiro atoms. The summed E-state index contributed by atoms with van der Waals surface area (Å²) in [6.45, 7) is 5.42. The molecule has 0 radical (unpaired) electrons. The highest BCUT2D eigenvalue weighted by Gasteiger charge is 2.33. The first-order chi connectivity index (χ1) is 13.6. The maximum absolute atomic E-state index is 12.9. The molecule has 1 fully saturated rings. The van der Waals surface area contributed by atoms with Crippen molar-refractivity contribution in [3.05, 3.63) is 52.3 Å². The van der Waals surface area contributed by atoms with Crippen LogP contribution < -0.4 is 0 Å². The van der Waals surface area contributed by atoms with E-state index in [0.717, 1.165) is 18.4 Å². The number of hydrogen-bond acceptors (Lipinski definition) is 5. The van der Waals surface area contributed by atoms with E-state index in [0.29, 0.717) is 17.4 Å². The van der Waals surface area contributed by atoms with Gasteiger partial charge in [0.2, 0.25) is 0 Å². The Bertz CT molecular complexity index is 1060. The first-order valence-electron chi connectivity index (χ1n) is 10.3. The Hall–Kier alpha value is -1.92. The lowest BCUT2D eigenvalue weighted by Crippen LogP contribution is -2.22. The smallest absolute Gasteiger partial charge is 0.199 e. The summed E-state index contributed by atoms with van der Waals surface area (Å²) in [6.07, 6.45) is 6.07. The van der Waals surface area contributed by atoms with Crippen LogP contribution in [0.3, 0.4) is 0 Å². The molecule has 0 bridgehead atoms. The number of hydrogen-bond donors (Lipinski definition) is 2. The predicted molar refractivity (Wildman–Crippen MR) is 112 cm³/mol. The van der Waals surface area contributed by atoms with E-state index in [1.54, 1.807) is 13.8 Å². The molecule has 1 aromatic carbocycles. The topological polar surface area (TPSA) is 91.4 Å². The summed E-state index contributed by atoms with van der Waals surface area (Å²) in [4.78, 5) is 12.9. The van der Waals surface area contributed by atoms with Crippen LogP contribution in [-0.4, -0.2) is 20.9 Å². The van der Waals surface area contributed by atoms with Gasteiger partial charge in [0.05, 0.1) is 17.6 Å². The van der Waals surface area contributed by atoms with Gasteiger partial charge >= 0.3 is 0 Å². The largest absolute Gasteiger partial charge is 0.454 e. The van der Waals surface area contributed by atoms with Gasteiger partial charge in [-0.1, -0.05) is 19.1 Å². The molecule has 4 rings (SSSR count). The van der Waals surface area contributed by atoms with Crippen molar-refractivity contribution >= 4 is 15.5 Å². The third kappa shape index (κ3) is 4.05. The molecule has 1 heterocycles. The van der Waals surface area contributed by atoms with Crippen molar-refractivity contribution in [2.75, 3.05) is 5.75 Å². The van der Waals surface area contributed by atoms with Gasteiger partial charge < -0.3 is 9.52 Å². The number of aryl methyl sites for hydroxylation is 1. The van der Waals surface area contributed by atoms with Crippen LogP contribution in [0.1, 0.15) is 67.3 Å². The summed E-state index contributed by atoms with van der Waals surface area (Å²) in [5.74, 6) is 0.567. The van der Waals surface area contributed by atoms with Gasteiger partial charge in [-0.15, -0.1) is 0 Å². The van der Waals surface area contributed by atoms with Crippen molar-refractivity contribution in [2.24, 2.45) is 5.92 Å². The number of aliphatic hydroxyl groups is 1. The van der Waals surface area contributed by atoms with E-state index in [4.69, 9.17) is 9.20 Å². The molecule has 1 saturated carbocycles. The van der Waals surface area contributed by atoms with Crippen molar-refractivity contribution in [1.82, 2.24) is 0 Å². The van der Waals surface area contributed by atoms with Crippen LogP contribution in [0.25, 0.3) is 0 Å². The van der Waals surface area contributed by atoms with Crippen molar-refractivity contribution in [3.8, 4) is 0 Å². The minimum absolute atomic E-state index is 0.0457. The Labute approximate surface area is 172 Å². The second kappa shape index (κ2) is 7.10. The SMILES string of the molecule is C[C@@H](c1ccc2c(c1CC(=O)C[S@](=N)(=O)c1cc(C(C)(C)O)co1)CC2)C1CC1. The van der Waals surface area contributed by atoms with Gasteiger partial charge in [-0.2, -0.15) is 0 Å². The van der Waals surface area contributed by atoms with Crippen molar-refractivity contribution in [3.63, 3.8) is 0 Å². The molecular weight excluding hydrogens is 386 g/mol. The minimum Gasteiger partial charge on any atom is -0.454 e. The highest BCUT2D eigenvalue weighted by molar-refractivity contribution is 7.93. The molecule has 0 unspecified atom stereocenters. The molecule has 29 heavy (non-hydrogen) atoms. The number of Topliss-reactive ketones (excluding diaryl/α,β-unsaturated/α-hetero) is 1. The van der Waals surface area contributed by atoms with Crippen molar-refractivity contribution in [1.29, 1.82) is 4.78 Å². The molecule has 2 aliphatic carbocycles. The van der Waals surface area contributed by atoms with Crippen LogP contribution in [0, 0.1) is 10.7 Å². The number of furan rings is 1. The highest BCUT2D eigenvalue weighted by atomic mass is 32.2. The van der Waals surface area contributed by atoms with E-state index in [2.05, 4.69) is 19.1 Å². The second-order valence-corrected chi connectivity index (χ2v) is 11.2. The van der Waals surface area contributed by atoms with Gasteiger partial charge in [-0.25, -0.2) is 8.99 Å². The Kier molecular flexibility index (Phi) is 4.98. The lowest BCUT2D eigenvalue weighted by Gasteiger charge is -2.27. The quantitative estimate of drug-likeness (QED) is 0.671. The zero-order chi connectivity index (χ0) is 21.0. The van der Waals surface area contributed by atoms with E-state index in [-0.39, 0.29) is 23.0 Å². The highest BCUT2D eigenvalue weighted by Crippen LogP contribution is 2.45. The van der Waals surface area contributed by atoms with E-state index < -0.39 is 15.3 Å². The number of rotatable bonds is 8. The molecule has 5 nitrogen and oxygen atoms in total. The Morgan fingerprint density at radius 3 is 2.62 bits per heavy atom. The van der Waals surface area contributed by atoms with Crippen LogP contribution in [0.2, 0.25) is 0 Å². The molecule has 2 aliphatic rings. The van der Waals surface area contributed by atoms with Crippen molar-refractivity contribution < 1.29 is 18.5 Å². The summed E-state index contributed by atoms with van der Waals surface area (Å²) < 4.78 is 26.4. The Balaban J connectivity index is 1.54. The summed E-state index contributed by atoms with van der Waals surface area (Å²) in [7, 11) is -3.39. The maximum Gasteiger partial charge on any atom is 0.199 e. The number of fused-ring (bicyclic) bond motifs is 1. The third-order valence-electron chi connectivity index (χ3n) is 6.37. The normalized spacial score (nSPS) is 19.2. The first-order valence-corrected chi connectivity index (χ1v) is 12.0. The van der Waals surface area contributed by atoms with E-state index in [9.17, 15) is 14.1 Å². The van der Waals surface area contributed by atoms with Crippen LogP contribution in [0.15, 0.2) is 34.0 Å². The summed E-state index contributed by atoms with van der Waals surface area (Å²) >= 11 is 0. The molecule has 0 amide bonds. The van der Waals surface area contributed by atoms with Crippen LogP contribution >= 0.6 is 0 Å². The Morgan fingerprint density at radius 1 is 1.34 bits per heavy atom. The van der Waals surface area contributed by atoms with E-state index in [1.165, 1.54) is 41.9 Å². The molecule has 2 aromatic rings. The predicted octanol–water partition coefficient (Wildman–Crippen LogP) is 4.34. The van der Waals surface area contributed by atoms with E-state index >= 15 is 0 Å². The zero-order valence-electron chi connectivity index (χ0n) is 17.3. The molecule has 156 valence electrons. The van der Waals surface area contributed by atoms with E-state index in [1.807, 2.05) is 0 Å². The Morgan fingerprint density at radius 2 is 2.07 bits per heavy atom. The maximum atomic E-state index is 12.9. The monoisotopic (exact) mass is 415 g/mol. The lowest BCUT2D eigenvalue weighted by atomic mass is 9.78. The fourth-order valence-electron chi connectivity index (χ4n) is 4.23. The van der Waals surface area contributed by atoms with Crippen LogP contribution in [0.4, 0.5) is 0 Å². The molecule has 2 N–H and O–H groups in total. The average molecular weight is 416 g/mol. The van der Waals surface area contributed by atoms with Gasteiger partial charge in [0, 0.05) is 18.1 Å². The van der Waals surface area contributed by atoms with Crippen LogP contribution in [-0.2, 0) is 39.4 Å². The molecule has 2 atom stereocenters. The first kappa shape index (κ1) is 20.4. The molecule has 0 saturated heterocycles. The lowest BCUT2D eigenvalue weighted by molar-refractivity contribution is -0.116. The fourth-order valence-corrected chi connectivity index (χ4v) is 5.45. The van der Waals surface area contributed by atoms with Crippen molar-refractivity contribution in [2.45, 2.75) is 69.5 Å². The number of nitrogens with one attached hydrogen (secondary N) is 1. The average Bonchev–Trinajstić information content (AvgIpc) is 3.29. The molecule has 6 heteroatoms. The number of carbonyl (C=O) groups excluding carboxylic acids is 1. The summed E-state index contributed by atoms with van der Waals surface area (Å²) in [6, 6.07) is 5.79. The summed E-state index contributed by atoms with van der Waals surface area (Å²) in [5.41, 5.74) is 4.24. The number of ketones is 1. The van der Waals surface area contributed by atoms with Crippen LogP contribution in [0.5, 0.6) is 0 Å². The molecular formula is C23H29NO4S. The van der Waals surface area contributed by atoms with Gasteiger partial charge in [0.25, 0.3) is 0 Å². The standard InChI is InChI=1S/C23H29NO4S/c1-14(15-4-5-15)19-8-6-16-7-9-20(16)21(19)11-18(25)13-29(24,27)22-10-17(12-28-22)23(2,3)26/h6,8,10,12,14-15,24,26H,4-5,7,9,11,13H2,1-3H3/t14-,29+/m1/s1. The second-order valence-electron chi connectivity index (χ2n) is 9.15. The number of benzene rings is 1. The van der Waals surface area contributed by atoms with Gasteiger partial charge in [0.15, 0.2) is 10.9 Å².